The Balaban J connectivity index is 0.000001000. The molecule has 2 heteroatoms. The molecule has 1 N–H and O–H groups in total. The van der Waals surface area contributed by atoms with Gasteiger partial charge in [-0.05, 0) is 12.8 Å². The zero-order valence-electron chi connectivity index (χ0n) is 6.81. The van der Waals surface area contributed by atoms with Crippen LogP contribution >= 0.6 is 17.0 Å². The average molecular weight is 218 g/mol. The minimum Gasteiger partial charge on any atom is -0.303 e. The highest BCUT2D eigenvalue weighted by molar-refractivity contribution is 8.93. The fraction of sp³-hybridized carbons (Fsp3) is 0.778. The van der Waals surface area contributed by atoms with Crippen molar-refractivity contribution < 1.29 is 0 Å². The third kappa shape index (κ3) is 4.44. The van der Waals surface area contributed by atoms with Gasteiger partial charge in [0.2, 0.25) is 0 Å². The summed E-state index contributed by atoms with van der Waals surface area (Å²) < 4.78 is 0. The van der Waals surface area contributed by atoms with E-state index in [1.165, 1.54) is 32.1 Å². The number of terminal acetylenes is 1. The van der Waals surface area contributed by atoms with Gasteiger partial charge in [-0.25, -0.2) is 0 Å². The fourth-order valence-electron chi connectivity index (χ4n) is 1.51. The van der Waals surface area contributed by atoms with Crippen molar-refractivity contribution in [2.75, 3.05) is 6.54 Å². The van der Waals surface area contributed by atoms with Crippen molar-refractivity contribution >= 4 is 17.0 Å². The molecule has 64 valence electrons. The Labute approximate surface area is 79.7 Å². The molecule has 1 saturated carbocycles. The van der Waals surface area contributed by atoms with Gasteiger partial charge in [0.25, 0.3) is 0 Å². The molecule has 1 aliphatic rings. The molecule has 0 spiro atoms. The van der Waals surface area contributed by atoms with Gasteiger partial charge in [-0.3, -0.25) is 0 Å². The molecule has 11 heavy (non-hydrogen) atoms. The molecular formula is C9H16BrN. The van der Waals surface area contributed by atoms with Crippen molar-refractivity contribution in [1.82, 2.24) is 5.32 Å². The molecule has 0 bridgehead atoms. The predicted molar refractivity (Wildman–Crippen MR) is 54.0 cm³/mol. The maximum atomic E-state index is 5.13. The van der Waals surface area contributed by atoms with Crippen LogP contribution < -0.4 is 5.32 Å². The number of rotatable bonds is 2. The Morgan fingerprint density at radius 2 is 1.91 bits per heavy atom. The summed E-state index contributed by atoms with van der Waals surface area (Å²) >= 11 is 0. The Morgan fingerprint density at radius 1 is 1.27 bits per heavy atom. The molecule has 1 nitrogen and oxygen atoms in total. The van der Waals surface area contributed by atoms with Crippen molar-refractivity contribution in [2.45, 2.75) is 38.1 Å². The van der Waals surface area contributed by atoms with E-state index < -0.39 is 0 Å². The number of hydrogen-bond acceptors (Lipinski definition) is 1. The van der Waals surface area contributed by atoms with Crippen LogP contribution in [0.15, 0.2) is 0 Å². The van der Waals surface area contributed by atoms with Crippen molar-refractivity contribution in [1.29, 1.82) is 0 Å². The summed E-state index contributed by atoms with van der Waals surface area (Å²) in [7, 11) is 0. The molecule has 0 atom stereocenters. The highest BCUT2D eigenvalue weighted by atomic mass is 79.9. The van der Waals surface area contributed by atoms with Gasteiger partial charge in [0.15, 0.2) is 0 Å². The van der Waals surface area contributed by atoms with E-state index in [1.807, 2.05) is 0 Å². The topological polar surface area (TPSA) is 12.0 Å². The highest BCUT2D eigenvalue weighted by Gasteiger charge is 2.10. The third-order valence-electron chi connectivity index (χ3n) is 2.10. The second-order valence-electron chi connectivity index (χ2n) is 2.92. The lowest BCUT2D eigenvalue weighted by Crippen LogP contribution is -2.31. The van der Waals surface area contributed by atoms with E-state index in [9.17, 15) is 0 Å². The second-order valence-corrected chi connectivity index (χ2v) is 2.92. The van der Waals surface area contributed by atoms with Crippen molar-refractivity contribution in [3.63, 3.8) is 0 Å². The number of nitrogens with one attached hydrogen (secondary N) is 1. The summed E-state index contributed by atoms with van der Waals surface area (Å²) in [5.74, 6) is 2.60. The quantitative estimate of drug-likeness (QED) is 0.700. The minimum absolute atomic E-state index is 0. The Hall–Kier alpha value is 0.00000000000000000694. The maximum Gasteiger partial charge on any atom is 0.0575 e. The van der Waals surface area contributed by atoms with Gasteiger partial charge < -0.3 is 5.32 Å². The maximum absolute atomic E-state index is 5.13. The molecule has 1 aliphatic carbocycles. The minimum atomic E-state index is 0. The van der Waals surface area contributed by atoms with Crippen LogP contribution in [-0.2, 0) is 0 Å². The van der Waals surface area contributed by atoms with Gasteiger partial charge in [0.1, 0.15) is 0 Å². The largest absolute Gasteiger partial charge is 0.303 e. The predicted octanol–water partition coefficient (Wildman–Crippen LogP) is 2.12. The van der Waals surface area contributed by atoms with Crippen LogP contribution in [-0.4, -0.2) is 12.6 Å². The molecule has 0 aliphatic heterocycles. The SMILES string of the molecule is Br.C#CCNC1CCCCC1. The average Bonchev–Trinajstić information content (AvgIpc) is 2.03. The molecule has 0 aromatic rings. The Bertz CT molecular complexity index is 122. The molecule has 0 amide bonds. The summed E-state index contributed by atoms with van der Waals surface area (Å²) in [4.78, 5) is 0. The number of hydrogen-bond donors (Lipinski definition) is 1. The number of halogens is 1. The van der Waals surface area contributed by atoms with Gasteiger partial charge >= 0.3 is 0 Å². The van der Waals surface area contributed by atoms with Gasteiger partial charge in [-0.15, -0.1) is 23.4 Å². The smallest absolute Gasteiger partial charge is 0.0575 e. The first-order valence-electron chi connectivity index (χ1n) is 4.10. The van der Waals surface area contributed by atoms with Gasteiger partial charge in [0.05, 0.1) is 6.54 Å². The Kier molecular flexibility index (Phi) is 6.69. The molecular weight excluding hydrogens is 202 g/mol. The summed E-state index contributed by atoms with van der Waals surface area (Å²) in [6, 6.07) is 0.713. The summed E-state index contributed by atoms with van der Waals surface area (Å²) in [5.41, 5.74) is 0. The van der Waals surface area contributed by atoms with Crippen LogP contribution in [0.1, 0.15) is 32.1 Å². The molecule has 0 aromatic carbocycles. The first-order chi connectivity index (χ1) is 4.93. The van der Waals surface area contributed by atoms with E-state index in [2.05, 4.69) is 11.2 Å². The van der Waals surface area contributed by atoms with E-state index in [0.29, 0.717) is 6.04 Å². The molecule has 0 saturated heterocycles. The van der Waals surface area contributed by atoms with Gasteiger partial charge in [-0.2, -0.15) is 0 Å². The van der Waals surface area contributed by atoms with Crippen LogP contribution in [0.25, 0.3) is 0 Å². The van der Waals surface area contributed by atoms with Crippen LogP contribution in [0.2, 0.25) is 0 Å². The third-order valence-corrected chi connectivity index (χ3v) is 2.10. The second kappa shape index (κ2) is 6.69. The standard InChI is InChI=1S/C9H15N.BrH/c1-2-8-10-9-6-4-3-5-7-9;/h1,9-10H,3-8H2;1H. The fourth-order valence-corrected chi connectivity index (χ4v) is 1.51. The summed E-state index contributed by atoms with van der Waals surface area (Å²) in [6.45, 7) is 0.741. The lowest BCUT2D eigenvalue weighted by atomic mass is 9.96. The van der Waals surface area contributed by atoms with Crippen LogP contribution in [0.5, 0.6) is 0 Å². The zero-order valence-corrected chi connectivity index (χ0v) is 8.52. The molecule has 1 rings (SSSR count). The zero-order chi connectivity index (χ0) is 7.23. The monoisotopic (exact) mass is 217 g/mol. The van der Waals surface area contributed by atoms with Gasteiger partial charge in [-0.1, -0.05) is 25.2 Å². The van der Waals surface area contributed by atoms with Crippen molar-refractivity contribution in [3.05, 3.63) is 0 Å². The van der Waals surface area contributed by atoms with E-state index in [-0.39, 0.29) is 17.0 Å². The first-order valence-corrected chi connectivity index (χ1v) is 4.10. The summed E-state index contributed by atoms with van der Waals surface area (Å²) in [6.07, 6.45) is 11.9. The normalized spacial score (nSPS) is 18.5. The summed E-state index contributed by atoms with van der Waals surface area (Å²) in [5, 5.41) is 3.34. The molecule has 0 radical (unpaired) electrons. The van der Waals surface area contributed by atoms with E-state index in [0.717, 1.165) is 6.54 Å². The van der Waals surface area contributed by atoms with E-state index in [1.54, 1.807) is 0 Å². The van der Waals surface area contributed by atoms with E-state index in [4.69, 9.17) is 6.42 Å². The van der Waals surface area contributed by atoms with Crippen molar-refractivity contribution in [2.24, 2.45) is 0 Å². The molecule has 1 fully saturated rings. The molecule has 0 heterocycles. The lowest BCUT2D eigenvalue weighted by Gasteiger charge is -2.21. The van der Waals surface area contributed by atoms with E-state index >= 15 is 0 Å². The Morgan fingerprint density at radius 3 is 2.45 bits per heavy atom. The van der Waals surface area contributed by atoms with Crippen LogP contribution in [0.3, 0.4) is 0 Å². The lowest BCUT2D eigenvalue weighted by molar-refractivity contribution is 0.386. The van der Waals surface area contributed by atoms with Gasteiger partial charge in [0, 0.05) is 6.04 Å². The molecule has 0 aromatic heterocycles. The van der Waals surface area contributed by atoms with Crippen LogP contribution in [0.4, 0.5) is 0 Å². The van der Waals surface area contributed by atoms with Crippen LogP contribution in [0, 0.1) is 12.3 Å². The first kappa shape index (κ1) is 11.0. The molecule has 0 unspecified atom stereocenters. The highest BCUT2D eigenvalue weighted by Crippen LogP contribution is 2.16. The van der Waals surface area contributed by atoms with Crippen molar-refractivity contribution in [3.8, 4) is 12.3 Å².